The maximum atomic E-state index is 6.35. The van der Waals surface area contributed by atoms with Crippen LogP contribution >= 0.6 is 0 Å². The van der Waals surface area contributed by atoms with E-state index in [9.17, 15) is 0 Å². The van der Waals surface area contributed by atoms with Gasteiger partial charge in [-0.2, -0.15) is 0 Å². The largest absolute Gasteiger partial charge is 0.328 e. The minimum atomic E-state index is 0.460. The van der Waals surface area contributed by atoms with Crippen LogP contribution in [0.15, 0.2) is 12.2 Å². The highest BCUT2D eigenvalue weighted by Crippen LogP contribution is 2.16. The van der Waals surface area contributed by atoms with Crippen molar-refractivity contribution in [1.29, 1.82) is 0 Å². The maximum Gasteiger partial charge on any atom is 0.00388 e. The van der Waals surface area contributed by atoms with E-state index in [0.29, 0.717) is 6.04 Å². The van der Waals surface area contributed by atoms with E-state index < -0.39 is 0 Å². The molecule has 1 unspecified atom stereocenters. The lowest BCUT2D eigenvalue weighted by Gasteiger charge is -2.11. The Hall–Kier alpha value is -0.300. The highest BCUT2D eigenvalue weighted by Gasteiger charge is 2.03. The van der Waals surface area contributed by atoms with Gasteiger partial charge in [0, 0.05) is 6.04 Å². The fourth-order valence-electron chi connectivity index (χ4n) is 5.35. The average Bonchev–Trinajstić information content (AvgIpc) is 2.86. The highest BCUT2D eigenvalue weighted by molar-refractivity contribution is 4.81. The van der Waals surface area contributed by atoms with Crippen LogP contribution in [0.4, 0.5) is 0 Å². The number of hydrogen-bond acceptors (Lipinski definition) is 1. The Kier molecular flexibility index (Phi) is 30.7. The summed E-state index contributed by atoms with van der Waals surface area (Å²) in [5, 5.41) is 0. The van der Waals surface area contributed by atoms with E-state index in [0.717, 1.165) is 5.92 Å². The molecular formula is C35H71N. The lowest BCUT2D eigenvalue weighted by Crippen LogP contribution is -2.19. The molecule has 0 aromatic rings. The van der Waals surface area contributed by atoms with Gasteiger partial charge in [0.15, 0.2) is 0 Å². The molecule has 0 fully saturated rings. The normalized spacial score (nSPS) is 12.8. The van der Waals surface area contributed by atoms with Crippen molar-refractivity contribution in [3.63, 3.8) is 0 Å². The third-order valence-corrected chi connectivity index (χ3v) is 7.94. The fourth-order valence-corrected chi connectivity index (χ4v) is 5.35. The Morgan fingerprint density at radius 2 is 0.722 bits per heavy atom. The maximum absolute atomic E-state index is 6.35. The van der Waals surface area contributed by atoms with E-state index in [1.54, 1.807) is 0 Å². The number of allylic oxidation sites excluding steroid dienone is 2. The van der Waals surface area contributed by atoms with Crippen molar-refractivity contribution in [1.82, 2.24) is 0 Å². The zero-order valence-corrected chi connectivity index (χ0v) is 25.7. The molecule has 0 saturated heterocycles. The first-order valence-corrected chi connectivity index (χ1v) is 17.1. The van der Waals surface area contributed by atoms with Gasteiger partial charge in [-0.05, 0) is 44.4 Å². The molecule has 0 heterocycles. The molecule has 1 nitrogen and oxygen atoms in total. The van der Waals surface area contributed by atoms with Crippen LogP contribution in [-0.4, -0.2) is 6.04 Å². The second-order valence-corrected chi connectivity index (χ2v) is 12.3. The molecule has 2 N–H and O–H groups in total. The number of unbranched alkanes of at least 4 members (excludes halogenated alkanes) is 22. The smallest absolute Gasteiger partial charge is 0.00388 e. The van der Waals surface area contributed by atoms with Crippen LogP contribution in [0.1, 0.15) is 201 Å². The molecule has 0 rings (SSSR count). The lowest BCUT2D eigenvalue weighted by atomic mass is 9.99. The van der Waals surface area contributed by atoms with Crippen LogP contribution in [0, 0.1) is 5.92 Å². The van der Waals surface area contributed by atoms with Gasteiger partial charge < -0.3 is 5.73 Å². The molecule has 36 heavy (non-hydrogen) atoms. The molecule has 0 aromatic carbocycles. The summed E-state index contributed by atoms with van der Waals surface area (Å²) in [5.41, 5.74) is 6.35. The average molecular weight is 506 g/mol. The minimum absolute atomic E-state index is 0.460. The Balaban J connectivity index is 3.17. The van der Waals surface area contributed by atoms with Crippen molar-refractivity contribution in [3.8, 4) is 0 Å². The van der Waals surface area contributed by atoms with Crippen LogP contribution in [-0.2, 0) is 0 Å². The quantitative estimate of drug-likeness (QED) is 0.0762. The van der Waals surface area contributed by atoms with Crippen molar-refractivity contribution in [3.05, 3.63) is 12.2 Å². The second kappa shape index (κ2) is 30.9. The minimum Gasteiger partial charge on any atom is -0.328 e. The lowest BCUT2D eigenvalue weighted by molar-refractivity contribution is 0.473. The Morgan fingerprint density at radius 1 is 0.417 bits per heavy atom. The monoisotopic (exact) mass is 506 g/mol. The van der Waals surface area contributed by atoms with E-state index in [1.807, 2.05) is 0 Å². The zero-order chi connectivity index (χ0) is 26.4. The number of nitrogens with two attached hydrogens (primary N) is 1. The van der Waals surface area contributed by atoms with E-state index >= 15 is 0 Å². The van der Waals surface area contributed by atoms with Crippen molar-refractivity contribution in [2.24, 2.45) is 11.7 Å². The summed E-state index contributed by atoms with van der Waals surface area (Å²) in [6, 6.07) is 0.460. The van der Waals surface area contributed by atoms with Gasteiger partial charge in [0.1, 0.15) is 0 Å². The predicted molar refractivity (Wildman–Crippen MR) is 167 cm³/mol. The first kappa shape index (κ1) is 35.7. The van der Waals surface area contributed by atoms with Gasteiger partial charge >= 0.3 is 0 Å². The van der Waals surface area contributed by atoms with Crippen molar-refractivity contribution >= 4 is 0 Å². The van der Waals surface area contributed by atoms with E-state index in [1.165, 1.54) is 180 Å². The van der Waals surface area contributed by atoms with Crippen molar-refractivity contribution in [2.75, 3.05) is 0 Å². The summed E-state index contributed by atoms with van der Waals surface area (Å²) in [5.74, 6) is 0.875. The third-order valence-electron chi connectivity index (χ3n) is 7.94. The predicted octanol–water partition coefficient (Wildman–Crippen LogP) is 12.5. The van der Waals surface area contributed by atoms with E-state index in [4.69, 9.17) is 5.73 Å². The summed E-state index contributed by atoms with van der Waals surface area (Å²) in [6.45, 7) is 6.96. The summed E-state index contributed by atoms with van der Waals surface area (Å²) in [7, 11) is 0. The van der Waals surface area contributed by atoms with Crippen LogP contribution < -0.4 is 5.73 Å². The molecule has 1 heteroatoms. The van der Waals surface area contributed by atoms with Gasteiger partial charge in [-0.3, -0.25) is 0 Å². The van der Waals surface area contributed by atoms with Crippen LogP contribution in [0.25, 0.3) is 0 Å². The number of hydrogen-bond donors (Lipinski definition) is 1. The first-order chi connectivity index (χ1) is 17.7. The Morgan fingerprint density at radius 3 is 1.08 bits per heavy atom. The summed E-state index contributed by atoms with van der Waals surface area (Å²) in [4.78, 5) is 0. The van der Waals surface area contributed by atoms with E-state index in [2.05, 4.69) is 32.9 Å². The highest BCUT2D eigenvalue weighted by atomic mass is 14.6. The third kappa shape index (κ3) is 31.7. The van der Waals surface area contributed by atoms with Gasteiger partial charge in [0.25, 0.3) is 0 Å². The van der Waals surface area contributed by atoms with Crippen LogP contribution in [0.2, 0.25) is 0 Å². The number of rotatable bonds is 30. The van der Waals surface area contributed by atoms with Crippen LogP contribution in [0.3, 0.4) is 0 Å². The molecule has 0 aliphatic rings. The second-order valence-electron chi connectivity index (χ2n) is 12.3. The molecule has 0 amide bonds. The molecular weight excluding hydrogens is 434 g/mol. The van der Waals surface area contributed by atoms with Crippen molar-refractivity contribution in [2.45, 2.75) is 207 Å². The van der Waals surface area contributed by atoms with Gasteiger partial charge in [0.2, 0.25) is 0 Å². The van der Waals surface area contributed by atoms with Crippen LogP contribution in [0.5, 0.6) is 0 Å². The molecule has 0 spiro atoms. The zero-order valence-electron chi connectivity index (χ0n) is 25.7. The molecule has 1 atom stereocenters. The Labute approximate surface area is 230 Å². The molecule has 0 bridgehead atoms. The van der Waals surface area contributed by atoms with Gasteiger partial charge in [-0.15, -0.1) is 0 Å². The SMILES string of the molecule is CCCCCCCCC=CCCCCCCCCCCCCCC(N)CCCCCCCCC(C)C. The van der Waals surface area contributed by atoms with E-state index in [-0.39, 0.29) is 0 Å². The Bertz CT molecular complexity index is 413. The molecule has 0 aromatic heterocycles. The molecule has 216 valence electrons. The first-order valence-electron chi connectivity index (χ1n) is 17.1. The van der Waals surface area contributed by atoms with Gasteiger partial charge in [-0.1, -0.05) is 174 Å². The van der Waals surface area contributed by atoms with Crippen molar-refractivity contribution < 1.29 is 0 Å². The molecule has 0 aliphatic carbocycles. The molecule has 0 radical (unpaired) electrons. The summed E-state index contributed by atoms with van der Waals surface area (Å²) >= 11 is 0. The topological polar surface area (TPSA) is 26.0 Å². The summed E-state index contributed by atoms with van der Waals surface area (Å²) < 4.78 is 0. The fraction of sp³-hybridized carbons (Fsp3) is 0.943. The molecule has 0 aliphatic heterocycles. The van der Waals surface area contributed by atoms with Gasteiger partial charge in [0.05, 0.1) is 0 Å². The standard InChI is InChI=1S/C35H71N/c1-4-5-6-7-8-9-10-11-12-13-14-15-16-17-18-19-20-21-22-26-29-32-35(36)33-30-27-24-23-25-28-31-34(2)3/h11-12,34-35H,4-10,13-33,36H2,1-3H3. The molecule has 0 saturated carbocycles. The van der Waals surface area contributed by atoms with Gasteiger partial charge in [-0.25, -0.2) is 0 Å². The summed E-state index contributed by atoms with van der Waals surface area (Å²) in [6.07, 6.45) is 44.0.